The van der Waals surface area contributed by atoms with E-state index in [0.29, 0.717) is 0 Å². The summed E-state index contributed by atoms with van der Waals surface area (Å²) in [6.45, 7) is 0. The lowest BCUT2D eigenvalue weighted by molar-refractivity contribution is 1.15. The van der Waals surface area contributed by atoms with Gasteiger partial charge in [-0.25, -0.2) is 0 Å². The third-order valence-corrected chi connectivity index (χ3v) is 1.74. The quantitative estimate of drug-likeness (QED) is 0.663. The van der Waals surface area contributed by atoms with Crippen molar-refractivity contribution >= 4 is 12.6 Å². The van der Waals surface area contributed by atoms with E-state index in [-0.39, 0.29) is 0 Å². The molecule has 0 aromatic heterocycles. The lowest BCUT2D eigenvalue weighted by atomic mass is 10.1. The summed E-state index contributed by atoms with van der Waals surface area (Å²) in [6.07, 6.45) is 0.868. The van der Waals surface area contributed by atoms with Crippen molar-refractivity contribution in [2.45, 2.75) is 6.42 Å². The van der Waals surface area contributed by atoms with Crippen LogP contribution in [0.3, 0.4) is 0 Å². The Bertz CT molecular complexity index is 275. The second-order valence-corrected chi connectivity index (χ2v) is 2.69. The zero-order valence-corrected chi connectivity index (χ0v) is 7.01. The maximum Gasteiger partial charge on any atom is 0.0994 e. The van der Waals surface area contributed by atoms with Gasteiger partial charge in [0.1, 0.15) is 0 Å². The standard InChI is InChI=1S/C9H9NS/c10-7-9-4-2-1-3-8(9)5-6-11/h1-4,11H,5-6H2. The van der Waals surface area contributed by atoms with E-state index in [2.05, 4.69) is 18.7 Å². The molecule has 1 aromatic rings. The van der Waals surface area contributed by atoms with E-state index in [1.165, 1.54) is 0 Å². The highest BCUT2D eigenvalue weighted by Crippen LogP contribution is 2.07. The Morgan fingerprint density at radius 3 is 2.73 bits per heavy atom. The molecule has 0 aliphatic heterocycles. The lowest BCUT2D eigenvalue weighted by Crippen LogP contribution is -1.89. The molecule has 0 saturated heterocycles. The monoisotopic (exact) mass is 163 g/mol. The van der Waals surface area contributed by atoms with Crippen LogP contribution in [0.1, 0.15) is 11.1 Å². The summed E-state index contributed by atoms with van der Waals surface area (Å²) in [5.74, 6) is 0.790. The van der Waals surface area contributed by atoms with Crippen molar-refractivity contribution in [2.75, 3.05) is 5.75 Å². The number of hydrogen-bond donors (Lipinski definition) is 1. The molecule has 1 nitrogen and oxygen atoms in total. The molecule has 0 amide bonds. The molecule has 0 N–H and O–H groups in total. The molecule has 0 aliphatic carbocycles. The minimum Gasteiger partial charge on any atom is -0.192 e. The van der Waals surface area contributed by atoms with Gasteiger partial charge in [-0.2, -0.15) is 17.9 Å². The SMILES string of the molecule is N#Cc1ccccc1CCS. The van der Waals surface area contributed by atoms with E-state index < -0.39 is 0 Å². The highest BCUT2D eigenvalue weighted by molar-refractivity contribution is 7.80. The van der Waals surface area contributed by atoms with Crippen molar-refractivity contribution in [2.24, 2.45) is 0 Å². The van der Waals surface area contributed by atoms with Gasteiger partial charge in [0, 0.05) is 0 Å². The number of nitrogens with zero attached hydrogens (tertiary/aromatic N) is 1. The summed E-state index contributed by atoms with van der Waals surface area (Å²) in [7, 11) is 0. The molecule has 0 unspecified atom stereocenters. The number of hydrogen-bond acceptors (Lipinski definition) is 2. The summed E-state index contributed by atoms with van der Waals surface area (Å²) in [5.41, 5.74) is 1.85. The average Bonchev–Trinajstić information content (AvgIpc) is 2.06. The van der Waals surface area contributed by atoms with Gasteiger partial charge in [-0.1, -0.05) is 18.2 Å². The van der Waals surface area contributed by atoms with Gasteiger partial charge in [0.2, 0.25) is 0 Å². The Labute approximate surface area is 72.1 Å². The molecule has 0 fully saturated rings. The van der Waals surface area contributed by atoms with Gasteiger partial charge >= 0.3 is 0 Å². The Kier molecular flexibility index (Phi) is 3.00. The van der Waals surface area contributed by atoms with Crippen LogP contribution in [0.5, 0.6) is 0 Å². The van der Waals surface area contributed by atoms with Crippen molar-refractivity contribution in [3.63, 3.8) is 0 Å². The van der Waals surface area contributed by atoms with Crippen LogP contribution in [0, 0.1) is 11.3 Å². The smallest absolute Gasteiger partial charge is 0.0994 e. The Morgan fingerprint density at radius 2 is 2.09 bits per heavy atom. The molecule has 0 spiro atoms. The molecular weight excluding hydrogens is 154 g/mol. The third kappa shape index (κ3) is 1.99. The molecule has 0 atom stereocenters. The second-order valence-electron chi connectivity index (χ2n) is 2.24. The first-order valence-corrected chi connectivity index (χ1v) is 4.10. The normalized spacial score (nSPS) is 9.09. The molecule has 56 valence electrons. The van der Waals surface area contributed by atoms with Crippen LogP contribution in [0.4, 0.5) is 0 Å². The fourth-order valence-corrected chi connectivity index (χ4v) is 1.21. The molecule has 0 heterocycles. The topological polar surface area (TPSA) is 23.8 Å². The second kappa shape index (κ2) is 4.05. The van der Waals surface area contributed by atoms with Crippen molar-refractivity contribution in [3.8, 4) is 6.07 Å². The Morgan fingerprint density at radius 1 is 1.36 bits per heavy atom. The predicted molar refractivity (Wildman–Crippen MR) is 48.7 cm³/mol. The summed E-state index contributed by atoms with van der Waals surface area (Å²) < 4.78 is 0. The first kappa shape index (κ1) is 8.16. The third-order valence-electron chi connectivity index (χ3n) is 1.52. The maximum atomic E-state index is 8.67. The zero-order chi connectivity index (χ0) is 8.10. The molecular formula is C9H9NS. The van der Waals surface area contributed by atoms with Gasteiger partial charge in [-0.15, -0.1) is 0 Å². The number of benzene rings is 1. The van der Waals surface area contributed by atoms with Crippen molar-refractivity contribution < 1.29 is 0 Å². The largest absolute Gasteiger partial charge is 0.192 e. The van der Waals surface area contributed by atoms with Gasteiger partial charge in [0.05, 0.1) is 11.6 Å². The predicted octanol–water partition coefficient (Wildman–Crippen LogP) is 2.03. The molecule has 1 aromatic carbocycles. The summed E-state index contributed by atoms with van der Waals surface area (Å²) >= 11 is 4.11. The van der Waals surface area contributed by atoms with Crippen LogP contribution < -0.4 is 0 Å². The molecule has 0 radical (unpaired) electrons. The van der Waals surface area contributed by atoms with E-state index in [0.717, 1.165) is 23.3 Å². The van der Waals surface area contributed by atoms with Gasteiger partial charge in [-0.3, -0.25) is 0 Å². The van der Waals surface area contributed by atoms with Gasteiger partial charge in [0.25, 0.3) is 0 Å². The van der Waals surface area contributed by atoms with E-state index in [1.54, 1.807) is 0 Å². The van der Waals surface area contributed by atoms with Crippen LogP contribution in [0.25, 0.3) is 0 Å². The number of rotatable bonds is 2. The fraction of sp³-hybridized carbons (Fsp3) is 0.222. The van der Waals surface area contributed by atoms with Crippen molar-refractivity contribution in [1.29, 1.82) is 5.26 Å². The van der Waals surface area contributed by atoms with Crippen molar-refractivity contribution in [3.05, 3.63) is 35.4 Å². The zero-order valence-electron chi connectivity index (χ0n) is 6.12. The van der Waals surface area contributed by atoms with E-state index in [9.17, 15) is 0 Å². The van der Waals surface area contributed by atoms with Crippen LogP contribution in [0.15, 0.2) is 24.3 Å². The maximum absolute atomic E-state index is 8.67. The highest BCUT2D eigenvalue weighted by Gasteiger charge is 1.97. The van der Waals surface area contributed by atoms with E-state index in [1.807, 2.05) is 24.3 Å². The van der Waals surface area contributed by atoms with Gasteiger partial charge in [0.15, 0.2) is 0 Å². The molecule has 11 heavy (non-hydrogen) atoms. The number of aryl methyl sites for hydroxylation is 1. The molecule has 0 aliphatic rings. The van der Waals surface area contributed by atoms with Gasteiger partial charge in [-0.05, 0) is 23.8 Å². The highest BCUT2D eigenvalue weighted by atomic mass is 32.1. The molecule has 2 heteroatoms. The summed E-state index contributed by atoms with van der Waals surface area (Å²) in [5, 5.41) is 8.67. The first-order chi connectivity index (χ1) is 5.38. The number of thiol groups is 1. The van der Waals surface area contributed by atoms with E-state index >= 15 is 0 Å². The first-order valence-electron chi connectivity index (χ1n) is 3.47. The van der Waals surface area contributed by atoms with E-state index in [4.69, 9.17) is 5.26 Å². The summed E-state index contributed by atoms with van der Waals surface area (Å²) in [6, 6.07) is 9.77. The average molecular weight is 163 g/mol. The van der Waals surface area contributed by atoms with Crippen molar-refractivity contribution in [1.82, 2.24) is 0 Å². The molecule has 0 bridgehead atoms. The molecule has 1 rings (SSSR count). The fourth-order valence-electron chi connectivity index (χ4n) is 0.968. The van der Waals surface area contributed by atoms with Gasteiger partial charge < -0.3 is 0 Å². The van der Waals surface area contributed by atoms with Crippen LogP contribution in [-0.4, -0.2) is 5.75 Å². The van der Waals surface area contributed by atoms with Crippen LogP contribution in [0.2, 0.25) is 0 Å². The summed E-state index contributed by atoms with van der Waals surface area (Å²) in [4.78, 5) is 0. The number of nitriles is 1. The minimum absolute atomic E-state index is 0.765. The minimum atomic E-state index is 0.765. The van der Waals surface area contributed by atoms with Crippen LogP contribution >= 0.6 is 12.6 Å². The van der Waals surface area contributed by atoms with Crippen LogP contribution in [-0.2, 0) is 6.42 Å². The Balaban J connectivity index is 2.95. The molecule has 0 saturated carbocycles. The lowest BCUT2D eigenvalue weighted by Gasteiger charge is -1.98. The Hall–Kier alpha value is -0.940.